The van der Waals surface area contributed by atoms with Crippen molar-refractivity contribution >= 4 is 5.91 Å². The first-order valence-corrected chi connectivity index (χ1v) is 8.04. The van der Waals surface area contributed by atoms with E-state index in [2.05, 4.69) is 4.98 Å². The van der Waals surface area contributed by atoms with Crippen LogP contribution in [0.3, 0.4) is 0 Å². The summed E-state index contributed by atoms with van der Waals surface area (Å²) in [5.41, 5.74) is 0.626. The highest BCUT2D eigenvalue weighted by molar-refractivity contribution is 5.78. The van der Waals surface area contributed by atoms with E-state index in [9.17, 15) is 4.79 Å². The van der Waals surface area contributed by atoms with Gasteiger partial charge >= 0.3 is 0 Å². The number of rotatable bonds is 4. The smallest absolute Gasteiger partial charge is 0.228 e. The number of hydrogen-bond donors (Lipinski definition) is 0. The standard InChI is InChI=1S/C17H24N2O3/c1-21-12-14-5-4-7-17(14)13-19(9-10-22-17)16(20)11-15-6-2-3-8-18-15/h2-3,6,8,14H,4-5,7,9-13H2,1H3/t14-,17+/m0/s1. The molecule has 5 nitrogen and oxygen atoms in total. The SMILES string of the molecule is COC[C@@H]1CCC[C@@]12CN(C(=O)Cc1ccccn1)CCO2. The van der Waals surface area contributed by atoms with Crippen LogP contribution in [0.5, 0.6) is 0 Å². The Hall–Kier alpha value is -1.46. The van der Waals surface area contributed by atoms with Gasteiger partial charge in [-0.1, -0.05) is 12.5 Å². The third kappa shape index (κ3) is 3.15. The monoisotopic (exact) mass is 304 g/mol. The molecule has 1 aromatic heterocycles. The fourth-order valence-electron chi connectivity index (χ4n) is 3.74. The highest BCUT2D eigenvalue weighted by atomic mass is 16.5. The molecule has 0 aromatic carbocycles. The zero-order valence-electron chi connectivity index (χ0n) is 13.2. The molecule has 0 radical (unpaired) electrons. The van der Waals surface area contributed by atoms with E-state index in [0.717, 1.165) is 25.0 Å². The lowest BCUT2D eigenvalue weighted by atomic mass is 9.89. The Bertz CT molecular complexity index is 508. The molecule has 3 rings (SSSR count). The molecule has 1 amide bonds. The number of nitrogens with zero attached hydrogens (tertiary/aromatic N) is 2. The third-order valence-electron chi connectivity index (χ3n) is 4.88. The van der Waals surface area contributed by atoms with Gasteiger partial charge in [-0.3, -0.25) is 9.78 Å². The van der Waals surface area contributed by atoms with Crippen molar-refractivity contribution in [3.8, 4) is 0 Å². The van der Waals surface area contributed by atoms with E-state index in [1.54, 1.807) is 13.3 Å². The number of ether oxygens (including phenoxy) is 2. The Balaban J connectivity index is 1.66. The van der Waals surface area contributed by atoms with Crippen LogP contribution in [0.15, 0.2) is 24.4 Å². The molecule has 1 saturated carbocycles. The summed E-state index contributed by atoms with van der Waals surface area (Å²) >= 11 is 0. The lowest BCUT2D eigenvalue weighted by Crippen LogP contribution is -2.56. The zero-order valence-corrected chi connectivity index (χ0v) is 13.2. The number of morpholine rings is 1. The van der Waals surface area contributed by atoms with Crippen LogP contribution in [-0.4, -0.2) is 54.8 Å². The molecule has 2 atom stereocenters. The highest BCUT2D eigenvalue weighted by Gasteiger charge is 2.47. The van der Waals surface area contributed by atoms with Crippen molar-refractivity contribution in [3.05, 3.63) is 30.1 Å². The van der Waals surface area contributed by atoms with Crippen molar-refractivity contribution in [2.24, 2.45) is 5.92 Å². The summed E-state index contributed by atoms with van der Waals surface area (Å²) in [4.78, 5) is 18.8. The number of carbonyl (C=O) groups is 1. The van der Waals surface area contributed by atoms with Crippen molar-refractivity contribution in [3.63, 3.8) is 0 Å². The summed E-state index contributed by atoms with van der Waals surface area (Å²) in [7, 11) is 1.73. The Morgan fingerprint density at radius 2 is 2.45 bits per heavy atom. The van der Waals surface area contributed by atoms with Gasteiger partial charge in [0.05, 0.1) is 31.8 Å². The van der Waals surface area contributed by atoms with E-state index in [1.165, 1.54) is 0 Å². The van der Waals surface area contributed by atoms with Crippen molar-refractivity contribution < 1.29 is 14.3 Å². The molecule has 1 spiro atoms. The van der Waals surface area contributed by atoms with Crippen LogP contribution >= 0.6 is 0 Å². The molecular formula is C17H24N2O3. The van der Waals surface area contributed by atoms with Gasteiger partial charge in [0.1, 0.15) is 0 Å². The molecule has 2 fully saturated rings. The van der Waals surface area contributed by atoms with Crippen LogP contribution in [0.2, 0.25) is 0 Å². The van der Waals surface area contributed by atoms with Crippen LogP contribution in [0.1, 0.15) is 25.0 Å². The first-order valence-electron chi connectivity index (χ1n) is 8.04. The summed E-state index contributed by atoms with van der Waals surface area (Å²) < 4.78 is 11.5. The molecule has 120 valence electrons. The van der Waals surface area contributed by atoms with Gasteiger partial charge < -0.3 is 14.4 Å². The molecule has 0 bridgehead atoms. The molecule has 0 N–H and O–H groups in total. The molecule has 2 heterocycles. The highest BCUT2D eigenvalue weighted by Crippen LogP contribution is 2.41. The summed E-state index contributed by atoms with van der Waals surface area (Å²) in [5.74, 6) is 0.535. The maximum absolute atomic E-state index is 12.6. The van der Waals surface area contributed by atoms with Crippen molar-refractivity contribution in [1.82, 2.24) is 9.88 Å². The third-order valence-corrected chi connectivity index (χ3v) is 4.88. The summed E-state index contributed by atoms with van der Waals surface area (Å²) in [5, 5.41) is 0. The number of methoxy groups -OCH3 is 1. The molecule has 22 heavy (non-hydrogen) atoms. The average molecular weight is 304 g/mol. The summed E-state index contributed by atoms with van der Waals surface area (Å²) in [6, 6.07) is 5.69. The molecule has 1 aliphatic heterocycles. The van der Waals surface area contributed by atoms with Gasteiger partial charge in [0, 0.05) is 31.5 Å². The van der Waals surface area contributed by atoms with Crippen LogP contribution < -0.4 is 0 Å². The lowest BCUT2D eigenvalue weighted by molar-refractivity contribution is -0.160. The number of hydrogen-bond acceptors (Lipinski definition) is 4. The number of pyridine rings is 1. The van der Waals surface area contributed by atoms with Gasteiger partial charge in [0.25, 0.3) is 0 Å². The topological polar surface area (TPSA) is 51.7 Å². The molecule has 1 saturated heterocycles. The number of amides is 1. The molecule has 5 heteroatoms. The number of aromatic nitrogens is 1. The molecule has 1 aliphatic carbocycles. The first-order chi connectivity index (χ1) is 10.7. The van der Waals surface area contributed by atoms with Crippen molar-refractivity contribution in [1.29, 1.82) is 0 Å². The molecule has 2 aliphatic rings. The van der Waals surface area contributed by atoms with E-state index in [4.69, 9.17) is 9.47 Å². The van der Waals surface area contributed by atoms with Crippen LogP contribution in [-0.2, 0) is 20.7 Å². The predicted octanol–water partition coefficient (Wildman–Crippen LogP) is 1.67. The first kappa shape index (κ1) is 15.4. The van der Waals surface area contributed by atoms with E-state index < -0.39 is 0 Å². The van der Waals surface area contributed by atoms with Gasteiger partial charge in [-0.05, 0) is 25.0 Å². The zero-order chi connectivity index (χ0) is 15.4. The summed E-state index contributed by atoms with van der Waals surface area (Å²) in [6.45, 7) is 2.69. The molecule has 1 aromatic rings. The quantitative estimate of drug-likeness (QED) is 0.849. The Morgan fingerprint density at radius 3 is 3.23 bits per heavy atom. The minimum Gasteiger partial charge on any atom is -0.384 e. The Morgan fingerprint density at radius 1 is 1.55 bits per heavy atom. The van der Waals surface area contributed by atoms with Gasteiger partial charge in [-0.25, -0.2) is 0 Å². The molecule has 0 unspecified atom stereocenters. The van der Waals surface area contributed by atoms with Crippen molar-refractivity contribution in [2.75, 3.05) is 33.4 Å². The Labute approximate surface area is 131 Å². The van der Waals surface area contributed by atoms with Crippen LogP contribution in [0, 0.1) is 5.92 Å². The van der Waals surface area contributed by atoms with Crippen LogP contribution in [0.4, 0.5) is 0 Å². The van der Waals surface area contributed by atoms with E-state index >= 15 is 0 Å². The molecular weight excluding hydrogens is 280 g/mol. The van der Waals surface area contributed by atoms with E-state index in [1.807, 2.05) is 23.1 Å². The fourth-order valence-corrected chi connectivity index (χ4v) is 3.74. The second-order valence-corrected chi connectivity index (χ2v) is 6.27. The van der Waals surface area contributed by atoms with Crippen molar-refractivity contribution in [2.45, 2.75) is 31.3 Å². The Kier molecular flexibility index (Phi) is 4.74. The van der Waals surface area contributed by atoms with Gasteiger partial charge in [0.2, 0.25) is 5.91 Å². The second kappa shape index (κ2) is 6.75. The minimum absolute atomic E-state index is 0.143. The van der Waals surface area contributed by atoms with Gasteiger partial charge in [0.15, 0.2) is 0 Å². The second-order valence-electron chi connectivity index (χ2n) is 6.27. The van der Waals surface area contributed by atoms with Gasteiger partial charge in [-0.15, -0.1) is 0 Å². The average Bonchev–Trinajstić information content (AvgIpc) is 2.91. The largest absolute Gasteiger partial charge is 0.384 e. The fraction of sp³-hybridized carbons (Fsp3) is 0.647. The van der Waals surface area contributed by atoms with Gasteiger partial charge in [-0.2, -0.15) is 0 Å². The maximum Gasteiger partial charge on any atom is 0.228 e. The normalized spacial score (nSPS) is 28.2. The summed E-state index contributed by atoms with van der Waals surface area (Å²) in [6.07, 6.45) is 5.39. The lowest BCUT2D eigenvalue weighted by Gasteiger charge is -2.44. The van der Waals surface area contributed by atoms with E-state index in [-0.39, 0.29) is 11.5 Å². The minimum atomic E-state index is -0.200. The predicted molar refractivity (Wildman–Crippen MR) is 82.4 cm³/mol. The van der Waals surface area contributed by atoms with E-state index in [0.29, 0.717) is 38.6 Å². The maximum atomic E-state index is 12.6. The number of carbonyl (C=O) groups excluding carboxylic acids is 1. The van der Waals surface area contributed by atoms with Crippen LogP contribution in [0.25, 0.3) is 0 Å².